The van der Waals surface area contributed by atoms with Gasteiger partial charge in [0.15, 0.2) is 0 Å². The Morgan fingerprint density at radius 2 is 1.80 bits per heavy atom. The van der Waals surface area contributed by atoms with Crippen molar-refractivity contribution in [2.45, 2.75) is 70.0 Å². The Labute approximate surface area is 275 Å². The van der Waals surface area contributed by atoms with Crippen LogP contribution in [-0.2, 0) is 9.16 Å². The minimum absolute atomic E-state index is 0.0218. The molecule has 3 N–H and O–H groups in total. The predicted octanol–water partition coefficient (Wildman–Crippen LogP) is 2.95. The van der Waals surface area contributed by atoms with Crippen molar-refractivity contribution in [3.05, 3.63) is 66.5 Å². The summed E-state index contributed by atoms with van der Waals surface area (Å²) >= 11 is 0. The molecule has 0 spiro atoms. The zero-order valence-corrected chi connectivity index (χ0v) is 28.1. The Bertz CT molecular complexity index is 1560. The molecule has 2 aromatic carbocycles. The number of ether oxygens (including phenoxy) is 2. The van der Waals surface area contributed by atoms with E-state index >= 15 is 0 Å². The Balaban J connectivity index is 1.52. The van der Waals surface area contributed by atoms with Crippen molar-refractivity contribution in [1.29, 1.82) is 0 Å². The monoisotopic (exact) mass is 654 g/mol. The van der Waals surface area contributed by atoms with Crippen LogP contribution in [0.25, 0.3) is 0 Å². The van der Waals surface area contributed by atoms with Gasteiger partial charge in [0, 0.05) is 23.2 Å². The summed E-state index contributed by atoms with van der Waals surface area (Å²) in [6.07, 6.45) is -2.15. The van der Waals surface area contributed by atoms with Crippen LogP contribution in [0.15, 0.2) is 65.8 Å². The maximum Gasteiger partial charge on any atom is 0.322 e. The average molecular weight is 655 g/mol. The van der Waals surface area contributed by atoms with Gasteiger partial charge in [0.1, 0.15) is 12.3 Å². The number of anilines is 1. The van der Waals surface area contributed by atoms with Crippen molar-refractivity contribution < 1.29 is 27.6 Å². The highest BCUT2D eigenvalue weighted by molar-refractivity contribution is 6.99. The molecule has 4 atom stereocenters. The molecule has 11 nitrogen and oxygen atoms in total. The highest BCUT2D eigenvalue weighted by Gasteiger charge is 2.54. The summed E-state index contributed by atoms with van der Waals surface area (Å²) in [5.41, 5.74) is 5.09. The fourth-order valence-corrected chi connectivity index (χ4v) is 11.2. The number of likely N-dealkylation sites (tertiary alicyclic amines) is 1. The molecule has 0 aliphatic carbocycles. The van der Waals surface area contributed by atoms with E-state index in [4.69, 9.17) is 23.7 Å². The van der Waals surface area contributed by atoms with E-state index in [1.807, 2.05) is 48.2 Å². The molecule has 2 aliphatic rings. The van der Waals surface area contributed by atoms with Crippen molar-refractivity contribution in [3.8, 4) is 6.01 Å². The van der Waals surface area contributed by atoms with Gasteiger partial charge in [-0.1, -0.05) is 86.6 Å². The SMILES string of the molecule is [2H]C([2H])([2H])N1C[C@H](F)C[C@H]1C(C)Oc1nc(C(N)=NO)nc(N2CCOC[C@@](C)(O[Si](c3ccccc3)(c3ccccc3)C(C)(C)C)C2)n1. The lowest BCUT2D eigenvalue weighted by molar-refractivity contribution is -0.000403. The topological polar surface area (TPSA) is 131 Å². The zero-order valence-electron chi connectivity index (χ0n) is 30.1. The molecule has 1 aromatic heterocycles. The quantitative estimate of drug-likeness (QED) is 0.117. The van der Waals surface area contributed by atoms with Crippen LogP contribution in [0, 0.1) is 0 Å². The minimum Gasteiger partial charge on any atom is -0.459 e. The summed E-state index contributed by atoms with van der Waals surface area (Å²) in [6, 6.07) is 19.7. The van der Waals surface area contributed by atoms with Gasteiger partial charge in [-0.2, -0.15) is 15.0 Å². The molecule has 0 saturated carbocycles. The van der Waals surface area contributed by atoms with Crippen LogP contribution < -0.4 is 25.7 Å². The van der Waals surface area contributed by atoms with Gasteiger partial charge in [-0.25, -0.2) is 4.39 Å². The normalized spacial score (nSPS) is 25.3. The second kappa shape index (κ2) is 13.6. The summed E-state index contributed by atoms with van der Waals surface area (Å²) in [5.74, 6) is -0.340. The largest absolute Gasteiger partial charge is 0.459 e. The van der Waals surface area contributed by atoms with Gasteiger partial charge in [-0.3, -0.25) is 4.90 Å². The summed E-state index contributed by atoms with van der Waals surface area (Å²) in [5, 5.41) is 14.5. The van der Waals surface area contributed by atoms with Gasteiger partial charge in [-0.05, 0) is 42.7 Å². The molecule has 0 radical (unpaired) electrons. The Kier molecular flexibility index (Phi) is 8.79. The summed E-state index contributed by atoms with van der Waals surface area (Å²) in [4.78, 5) is 16.4. The maximum absolute atomic E-state index is 14.4. The van der Waals surface area contributed by atoms with Gasteiger partial charge in [0.05, 0.1) is 25.4 Å². The Morgan fingerprint density at radius 1 is 1.15 bits per heavy atom. The minimum atomic E-state index is -3.01. The number of hydrogen-bond donors (Lipinski definition) is 2. The lowest BCUT2D eigenvalue weighted by Gasteiger charge is -2.48. The molecule has 0 bridgehead atoms. The highest BCUT2D eigenvalue weighted by atomic mass is 28.4. The fraction of sp³-hybridized carbons (Fsp3) is 0.515. The first-order valence-electron chi connectivity index (χ1n) is 17.0. The molecule has 3 heterocycles. The number of alkyl halides is 1. The van der Waals surface area contributed by atoms with E-state index in [-0.39, 0.29) is 41.6 Å². The smallest absolute Gasteiger partial charge is 0.322 e. The van der Waals surface area contributed by atoms with Crippen molar-refractivity contribution >= 4 is 30.5 Å². The van der Waals surface area contributed by atoms with Crippen LogP contribution in [0.1, 0.15) is 51.0 Å². The van der Waals surface area contributed by atoms with E-state index in [2.05, 4.69) is 65.1 Å². The number of likely N-dealkylation sites (N-methyl/N-ethyl adjacent to an activating group) is 1. The van der Waals surface area contributed by atoms with E-state index in [1.54, 1.807) is 6.92 Å². The number of oxime groups is 1. The predicted molar refractivity (Wildman–Crippen MR) is 179 cm³/mol. The molecule has 3 aromatic rings. The molecule has 46 heavy (non-hydrogen) atoms. The molecular formula is C33H46FN7O4Si. The number of nitrogens with zero attached hydrogens (tertiary/aromatic N) is 6. The Morgan fingerprint density at radius 3 is 2.39 bits per heavy atom. The Hall–Kier alpha value is -3.65. The zero-order chi connectivity index (χ0) is 35.6. The van der Waals surface area contributed by atoms with Crippen molar-refractivity contribution in [2.75, 3.05) is 44.7 Å². The third-order valence-corrected chi connectivity index (χ3v) is 13.8. The van der Waals surface area contributed by atoms with E-state index in [0.717, 1.165) is 15.3 Å². The van der Waals surface area contributed by atoms with Gasteiger partial charge in [0.2, 0.25) is 17.6 Å². The van der Waals surface area contributed by atoms with Crippen LogP contribution in [0.4, 0.5) is 10.3 Å². The molecule has 2 aliphatic heterocycles. The first kappa shape index (κ1) is 29.7. The van der Waals surface area contributed by atoms with E-state index in [0.29, 0.717) is 26.3 Å². The van der Waals surface area contributed by atoms with Crippen LogP contribution in [0.2, 0.25) is 5.04 Å². The lowest BCUT2D eigenvalue weighted by atomic mass is 10.1. The highest BCUT2D eigenvalue weighted by Crippen LogP contribution is 2.40. The first-order valence-corrected chi connectivity index (χ1v) is 17.4. The molecular weight excluding hydrogens is 605 g/mol. The molecule has 2 fully saturated rings. The van der Waals surface area contributed by atoms with E-state index < -0.39 is 39.2 Å². The molecule has 2 saturated heterocycles. The van der Waals surface area contributed by atoms with Gasteiger partial charge in [-0.15, -0.1) is 0 Å². The van der Waals surface area contributed by atoms with Gasteiger partial charge >= 0.3 is 6.01 Å². The lowest BCUT2D eigenvalue weighted by Crippen LogP contribution is -2.70. The van der Waals surface area contributed by atoms with Gasteiger partial charge < -0.3 is 29.7 Å². The molecule has 1 unspecified atom stereocenters. The molecule has 5 rings (SSSR count). The van der Waals surface area contributed by atoms with Crippen molar-refractivity contribution in [3.63, 3.8) is 0 Å². The van der Waals surface area contributed by atoms with E-state index in [1.165, 1.54) is 0 Å². The van der Waals surface area contributed by atoms with Gasteiger partial charge in [0.25, 0.3) is 8.32 Å². The van der Waals surface area contributed by atoms with Crippen molar-refractivity contribution in [2.24, 2.45) is 10.9 Å². The number of aromatic nitrogens is 3. The standard InChI is InChI=1S/C33H46FN7O4Si/c1-23(27-19-24(34)20-40(27)6)44-31-37-29(28(35)39-42)36-30(38-31)41-17-18-43-22-33(5,21-41)45-46(32(2,3)4,25-13-9-7-10-14-25)26-15-11-8-12-16-26/h7-16,23-24,27,42H,17-22H2,1-6H3,(H2,35,39)/t23?,24-,27+,33+/m1/s1/i6D3. The van der Waals surface area contributed by atoms with Crippen LogP contribution in [-0.4, -0.2) is 103 Å². The number of amidine groups is 1. The molecule has 0 amide bonds. The summed E-state index contributed by atoms with van der Waals surface area (Å²) in [7, 11) is -3.01. The third kappa shape index (κ3) is 7.02. The number of rotatable bonds is 9. The van der Waals surface area contributed by atoms with E-state index in [9.17, 15) is 9.60 Å². The number of nitrogens with two attached hydrogens (primary N) is 1. The number of halogens is 1. The van der Waals surface area contributed by atoms with Crippen LogP contribution in [0.5, 0.6) is 6.01 Å². The summed E-state index contributed by atoms with van der Waals surface area (Å²) in [6.45, 7) is 8.88. The second-order valence-electron chi connectivity index (χ2n) is 13.3. The summed E-state index contributed by atoms with van der Waals surface area (Å²) < 4.78 is 57.8. The third-order valence-electron chi connectivity index (χ3n) is 8.60. The molecule has 248 valence electrons. The number of hydrogen-bond acceptors (Lipinski definition) is 10. The second-order valence-corrected chi connectivity index (χ2v) is 17.5. The first-order chi connectivity index (χ1) is 23.1. The van der Waals surface area contributed by atoms with Crippen LogP contribution >= 0.6 is 0 Å². The fourth-order valence-electron chi connectivity index (χ4n) is 6.44. The van der Waals surface area contributed by atoms with Crippen LogP contribution in [0.3, 0.4) is 0 Å². The number of benzene rings is 2. The van der Waals surface area contributed by atoms with Crippen molar-refractivity contribution in [1.82, 2.24) is 19.9 Å². The molecule has 13 heteroatoms. The maximum atomic E-state index is 14.4. The average Bonchev–Trinajstić information content (AvgIpc) is 3.37.